The number of nitrogens with one attached hydrogen (secondary N) is 3. The number of thiol groups is 1. The van der Waals surface area contributed by atoms with E-state index in [0.717, 1.165) is 14.0 Å². The first-order valence-electron chi connectivity index (χ1n) is 40.3. The van der Waals surface area contributed by atoms with Gasteiger partial charge in [-0.3, -0.25) is 74.7 Å². The van der Waals surface area contributed by atoms with Crippen LogP contribution in [0.4, 0.5) is 48.1 Å². The van der Waals surface area contributed by atoms with Crippen molar-refractivity contribution in [3.05, 3.63) is 86.8 Å². The Hall–Kier alpha value is -7.92. The van der Waals surface area contributed by atoms with Gasteiger partial charge in [0.2, 0.25) is 17.8 Å². The molecule has 12 aliphatic heterocycles. The molecule has 12 saturated heterocycles. The molecule has 30 atom stereocenters. The van der Waals surface area contributed by atoms with Crippen LogP contribution in [0, 0.1) is 0 Å². The molecule has 0 radical (unpaired) electrons. The molecule has 0 aliphatic carbocycles. The summed E-state index contributed by atoms with van der Waals surface area (Å²) >= 11 is 30.6. The van der Waals surface area contributed by atoms with E-state index in [-0.39, 0.29) is 71.2 Å². The number of imidazole rings is 3. The molecule has 24 rings (SSSR count). The summed E-state index contributed by atoms with van der Waals surface area (Å²) < 4.78 is 192. The third-order valence-corrected chi connectivity index (χ3v) is 33.2. The second-order valence-electron chi connectivity index (χ2n) is 32.5. The topological polar surface area (TPSA) is 790 Å². The van der Waals surface area contributed by atoms with Gasteiger partial charge < -0.3 is 124 Å². The number of nitrogens with zero attached hydrogens (tertiary/aromatic N) is 21. The van der Waals surface area contributed by atoms with E-state index in [1.165, 1.54) is 37.6 Å². The van der Waals surface area contributed by atoms with Gasteiger partial charge >= 0.3 is 40.4 Å². The number of ether oxygens (including phenoxy) is 9. The van der Waals surface area contributed by atoms with Gasteiger partial charge in [0.1, 0.15) is 107 Å². The smallest absolute Gasteiger partial charge is 0.386 e. The molecule has 12 bridgehead atoms. The van der Waals surface area contributed by atoms with E-state index >= 15 is 13.2 Å². The average molecular weight is 2160 g/mol. The average Bonchev–Trinajstić information content (AvgIpc) is 1.56. The van der Waals surface area contributed by atoms with Crippen LogP contribution in [0.3, 0.4) is 0 Å². The largest absolute Gasteiger partial charge is 0.397 e. The van der Waals surface area contributed by atoms with Crippen molar-refractivity contribution in [3.8, 4) is 0 Å². The van der Waals surface area contributed by atoms with Crippen LogP contribution < -0.4 is 51.1 Å². The van der Waals surface area contributed by atoms with E-state index in [1.807, 2.05) is 0 Å². The van der Waals surface area contributed by atoms with E-state index in [9.17, 15) is 43.4 Å². The molecule has 12 aliphatic rings. The number of pyridine rings is 3. The van der Waals surface area contributed by atoms with E-state index < -0.39 is 243 Å². The lowest BCUT2D eigenvalue weighted by Gasteiger charge is -2.33. The molecular weight excluding hydrogens is 2090 g/mol. The summed E-state index contributed by atoms with van der Waals surface area (Å²) in [5, 5.41) is 22.9. The number of alkyl halides is 3. The Kier molecular flexibility index (Phi) is 23.9. The molecule has 0 aromatic carbocycles. The second-order valence-corrected chi connectivity index (χ2v) is 49.4. The normalized spacial score (nSPS) is 39.7. The molecule has 738 valence electrons. The van der Waals surface area contributed by atoms with Crippen LogP contribution in [-0.4, -0.2) is 311 Å². The molecule has 138 heavy (non-hydrogen) atoms. The Balaban J connectivity index is 0.000000119. The standard InChI is InChI=1S/3C21H23FN10O10P2S2/c3*22-9-8-3-37-43(34,45)42-14-13-18(31-6-26-10-7(23)1-2-25-15(10)31)40-21(14,4-36-13)5-38-44(35,46)41-12(9)19(39-8)32-16-11(29-30-32)17(33)28-20(24)27-16/h3*1-2,6,8-9,12-14,18-19H,3-5H2,(H2,23,25)(H,34,45)(H,35,46)(H3,24,27,28,33)/t3*8-,9+,12-,13-,14+,18-,19-,21-,43?,44?/m111/s1. The summed E-state index contributed by atoms with van der Waals surface area (Å²) in [6.45, 7) is -29.5. The molecule has 0 amide bonds. The molecule has 12 aromatic heterocycles. The summed E-state index contributed by atoms with van der Waals surface area (Å²) in [4.78, 5) is 138. The first kappa shape index (κ1) is 95.0. The third kappa shape index (κ3) is 16.7. The van der Waals surface area contributed by atoms with Gasteiger partial charge in [-0.05, 0) is 77.2 Å². The van der Waals surface area contributed by atoms with Crippen molar-refractivity contribution in [1.82, 2.24) is 118 Å². The minimum absolute atomic E-state index is 0.137. The number of hydrogen-bond donors (Lipinski definition) is 15. The van der Waals surface area contributed by atoms with Crippen molar-refractivity contribution in [2.24, 2.45) is 0 Å². The molecule has 24 heterocycles. The number of nitrogens with two attached hydrogens (primary N) is 6. The Morgan fingerprint density at radius 2 is 0.674 bits per heavy atom. The predicted molar refractivity (Wildman–Crippen MR) is 475 cm³/mol. The van der Waals surface area contributed by atoms with Crippen molar-refractivity contribution < 1.29 is 139 Å². The minimum atomic E-state index is -4.46. The molecule has 12 aromatic rings. The third-order valence-electron chi connectivity index (χ3n) is 23.9. The van der Waals surface area contributed by atoms with Gasteiger partial charge in [0.25, 0.3) is 16.7 Å². The molecule has 6 unspecified atom stereocenters. The Bertz CT molecular complexity index is 6780. The van der Waals surface area contributed by atoms with Crippen LogP contribution >= 0.6 is 52.6 Å². The van der Waals surface area contributed by atoms with E-state index in [2.05, 4.69) is 103 Å². The van der Waals surface area contributed by atoms with Gasteiger partial charge in [0.05, 0.1) is 95.5 Å². The van der Waals surface area contributed by atoms with Crippen molar-refractivity contribution in [3.63, 3.8) is 0 Å². The number of halogens is 3. The quantitative estimate of drug-likeness (QED) is 0.0676. The lowest BCUT2D eigenvalue weighted by atomic mass is 10.0. The van der Waals surface area contributed by atoms with Crippen LogP contribution in [-0.2, 0) is 161 Å². The van der Waals surface area contributed by atoms with Crippen molar-refractivity contribution in [2.75, 3.05) is 93.9 Å². The Morgan fingerprint density at radius 3 is 0.986 bits per heavy atom. The lowest BCUT2D eigenvalue weighted by Crippen LogP contribution is -2.45. The minimum Gasteiger partial charge on any atom is -0.397 e. The first-order chi connectivity index (χ1) is 65.5. The van der Waals surface area contributed by atoms with E-state index in [0.29, 0.717) is 50.6 Å². The number of fused-ring (bicyclic) bond motifs is 12. The van der Waals surface area contributed by atoms with E-state index in [1.54, 1.807) is 31.9 Å². The second kappa shape index (κ2) is 34.7. The summed E-state index contributed by atoms with van der Waals surface area (Å²) in [5.41, 5.74) is 30.9. The highest BCUT2D eigenvalue weighted by Crippen LogP contribution is 2.65. The molecule has 0 spiro atoms. The highest BCUT2D eigenvalue weighted by Gasteiger charge is 2.70. The molecule has 60 nitrogen and oxygen atoms in total. The Labute approximate surface area is 793 Å². The number of rotatable bonds is 6. The fraction of sp³-hybridized carbons (Fsp3) is 0.524. The summed E-state index contributed by atoms with van der Waals surface area (Å²) in [6, 6.07) is 4.78. The zero-order valence-electron chi connectivity index (χ0n) is 68.8. The number of anilines is 6. The zero-order chi connectivity index (χ0) is 96.5. The number of nitrogen functional groups attached to an aromatic ring is 6. The predicted octanol–water partition coefficient (Wildman–Crippen LogP) is -1.35. The number of hydrogen-bond acceptors (Lipinski definition) is 51. The van der Waals surface area contributed by atoms with Gasteiger partial charge in [-0.1, -0.05) is 27.9 Å². The lowest BCUT2D eigenvalue weighted by molar-refractivity contribution is -0.183. The van der Waals surface area contributed by atoms with Gasteiger partial charge in [-0.2, -0.15) is 29.0 Å². The van der Waals surface area contributed by atoms with Gasteiger partial charge in [0.15, 0.2) is 106 Å². The SMILES string of the molecule is Nc1nc2c(nnn2[C@@H]2O[C@@H]3COP(O)(=S)O[C@H]4[C@H]5OC[C@]4(COP(=O)(S)O[C@@H]2[C@H]3F)O[C@H]5n2cnc3c(N)ccnc32)c(=O)[nH]1.Nc1nc2c(nnn2[C@@H]2O[C@@H]3COP(O)(=S)O[C@H]4[C@H]5OC[C@]4(COP(O)(=S)O[C@@H]2[C@H]3F)O[C@H]5n2cnc3c(N)ccnc32)c(=O)[nH]1.Nc1nc2c(nnn2[C@@H]2O[C@@H]3COP(O)(=S)O[C@H]4[C@H]5OC[C@]4(COP(O)(=S)O[C@@H]2[C@H]3F)O[C@H]5n2cnc3c(N)ccnc32)c(=O)[nH]1. The molecule has 12 fully saturated rings. The Morgan fingerprint density at radius 1 is 0.384 bits per heavy atom. The highest BCUT2D eigenvalue weighted by atomic mass is 32.7. The number of aromatic nitrogens is 24. The fourth-order valence-electron chi connectivity index (χ4n) is 17.7. The molecule has 0 saturated carbocycles. The summed E-state index contributed by atoms with van der Waals surface area (Å²) in [6.07, 6.45) is -20.3. The zero-order valence-corrected chi connectivity index (χ0v) is 79.1. The molecule has 20 N–H and O–H groups in total. The number of H-pyrrole nitrogens is 3. The van der Waals surface area contributed by atoms with Crippen LogP contribution in [0.1, 0.15) is 37.4 Å². The van der Waals surface area contributed by atoms with Gasteiger partial charge in [0, 0.05) is 18.6 Å². The van der Waals surface area contributed by atoms with Crippen LogP contribution in [0.2, 0.25) is 0 Å². The number of aromatic amines is 3. The maximum absolute atomic E-state index is 16.0. The fourth-order valence-corrected chi connectivity index (χ4v) is 26.4. The summed E-state index contributed by atoms with van der Waals surface area (Å²) in [5.74, 6) is -0.819. The van der Waals surface area contributed by atoms with Crippen molar-refractivity contribution >= 4 is 214 Å². The molecular formula is C63H69F3N30O30P6S6. The van der Waals surface area contributed by atoms with Crippen LogP contribution in [0.5, 0.6) is 0 Å². The maximum atomic E-state index is 16.0. The van der Waals surface area contributed by atoms with Gasteiger partial charge in [-0.15, -0.1) is 15.3 Å². The maximum Gasteiger partial charge on any atom is 0.386 e. The monoisotopic (exact) mass is 2160 g/mol. The van der Waals surface area contributed by atoms with Crippen LogP contribution in [0.15, 0.2) is 70.2 Å². The van der Waals surface area contributed by atoms with Crippen LogP contribution in [0.25, 0.3) is 67.0 Å². The van der Waals surface area contributed by atoms with Crippen molar-refractivity contribution in [1.29, 1.82) is 0 Å². The summed E-state index contributed by atoms with van der Waals surface area (Å²) in [7, 11) is 0. The highest BCUT2D eigenvalue weighted by molar-refractivity contribution is 8.44. The van der Waals surface area contributed by atoms with Crippen molar-refractivity contribution in [2.45, 2.75) is 146 Å². The van der Waals surface area contributed by atoms with E-state index in [4.69, 9.17) is 190 Å². The van der Waals surface area contributed by atoms with Gasteiger partial charge in [-0.25, -0.2) is 47.6 Å². The molecule has 75 heteroatoms. The first-order valence-corrected chi connectivity index (χ1v) is 55.9.